The maximum absolute atomic E-state index is 12.1. The van der Waals surface area contributed by atoms with Gasteiger partial charge >= 0.3 is 0 Å². The first-order chi connectivity index (χ1) is 9.33. The molecule has 2 aromatic rings. The van der Waals surface area contributed by atoms with Gasteiger partial charge in [0.05, 0.1) is 11.1 Å². The van der Waals surface area contributed by atoms with Crippen molar-refractivity contribution >= 4 is 28.5 Å². The highest BCUT2D eigenvalue weighted by atomic mass is 35.5. The molecule has 0 saturated heterocycles. The van der Waals surface area contributed by atoms with Crippen molar-refractivity contribution in [2.24, 2.45) is 0 Å². The van der Waals surface area contributed by atoms with Crippen LogP contribution in [0, 0.1) is 0 Å². The highest BCUT2D eigenvalue weighted by Gasteiger charge is 2.10. The molecule has 0 saturated carbocycles. The number of fused-ring (bicyclic) bond motifs is 1. The highest BCUT2D eigenvalue weighted by molar-refractivity contribution is 6.17. The number of para-hydroxylation sites is 1. The Balaban J connectivity index is 2.01. The van der Waals surface area contributed by atoms with Crippen LogP contribution in [0.15, 0.2) is 30.6 Å². The van der Waals surface area contributed by atoms with Gasteiger partial charge in [-0.2, -0.15) is 0 Å². The van der Waals surface area contributed by atoms with Crippen molar-refractivity contribution in [3.05, 3.63) is 36.2 Å². The van der Waals surface area contributed by atoms with Gasteiger partial charge in [-0.25, -0.2) is 0 Å². The molecule has 5 heteroatoms. The Bertz CT molecular complexity index is 554. The standard InChI is InChI=1S/C14H16ClN3O/c15-7-2-1-3-8-18-14(19)11-5-4-6-12-13(11)17-10-9-16-12/h4-6,9-10H,1-3,7-8H2,(H,18,19). The fourth-order valence-electron chi connectivity index (χ4n) is 1.87. The topological polar surface area (TPSA) is 54.9 Å². The van der Waals surface area contributed by atoms with Gasteiger partial charge in [0.1, 0.15) is 5.52 Å². The monoisotopic (exact) mass is 277 g/mol. The first-order valence-corrected chi connectivity index (χ1v) is 6.90. The fourth-order valence-corrected chi connectivity index (χ4v) is 2.06. The van der Waals surface area contributed by atoms with Crippen LogP contribution in [0.3, 0.4) is 0 Å². The Hall–Kier alpha value is -1.68. The molecule has 1 amide bonds. The number of carbonyl (C=O) groups is 1. The molecule has 0 atom stereocenters. The minimum absolute atomic E-state index is 0.100. The quantitative estimate of drug-likeness (QED) is 0.652. The van der Waals surface area contributed by atoms with Crippen molar-refractivity contribution in [3.63, 3.8) is 0 Å². The summed E-state index contributed by atoms with van der Waals surface area (Å²) in [6, 6.07) is 5.43. The lowest BCUT2D eigenvalue weighted by atomic mass is 10.1. The summed E-state index contributed by atoms with van der Waals surface area (Å²) in [5.41, 5.74) is 1.95. The van der Waals surface area contributed by atoms with E-state index in [9.17, 15) is 4.79 Å². The van der Waals surface area contributed by atoms with Crippen LogP contribution in [0.25, 0.3) is 11.0 Å². The fraction of sp³-hybridized carbons (Fsp3) is 0.357. The van der Waals surface area contributed by atoms with Crippen LogP contribution in [0.5, 0.6) is 0 Å². The zero-order valence-corrected chi connectivity index (χ0v) is 11.4. The summed E-state index contributed by atoms with van der Waals surface area (Å²) in [5.74, 6) is 0.573. The van der Waals surface area contributed by atoms with Crippen LogP contribution >= 0.6 is 11.6 Å². The minimum Gasteiger partial charge on any atom is -0.352 e. The summed E-state index contributed by atoms with van der Waals surface area (Å²) in [5, 5.41) is 2.90. The average Bonchev–Trinajstić information content (AvgIpc) is 2.46. The molecular formula is C14H16ClN3O. The zero-order valence-electron chi connectivity index (χ0n) is 10.6. The van der Waals surface area contributed by atoms with Crippen molar-refractivity contribution in [1.82, 2.24) is 15.3 Å². The number of amides is 1. The molecule has 19 heavy (non-hydrogen) atoms. The second-order valence-electron chi connectivity index (χ2n) is 4.24. The summed E-state index contributed by atoms with van der Waals surface area (Å²) in [7, 11) is 0. The number of nitrogens with one attached hydrogen (secondary N) is 1. The molecule has 0 spiro atoms. The summed E-state index contributed by atoms with van der Waals surface area (Å²) in [4.78, 5) is 20.5. The van der Waals surface area contributed by atoms with Crippen molar-refractivity contribution in [2.45, 2.75) is 19.3 Å². The maximum Gasteiger partial charge on any atom is 0.253 e. The summed E-state index contributed by atoms with van der Waals surface area (Å²) >= 11 is 5.60. The molecular weight excluding hydrogens is 262 g/mol. The average molecular weight is 278 g/mol. The number of alkyl halides is 1. The van der Waals surface area contributed by atoms with E-state index in [1.807, 2.05) is 12.1 Å². The molecule has 2 rings (SSSR count). The molecule has 1 heterocycles. The number of halogens is 1. The van der Waals surface area contributed by atoms with Gasteiger partial charge in [0.25, 0.3) is 5.91 Å². The molecule has 0 aliphatic rings. The van der Waals surface area contributed by atoms with Gasteiger partial charge in [0.2, 0.25) is 0 Å². The number of hydrogen-bond donors (Lipinski definition) is 1. The first-order valence-electron chi connectivity index (χ1n) is 6.37. The minimum atomic E-state index is -0.100. The molecule has 0 fully saturated rings. The Morgan fingerprint density at radius 3 is 2.84 bits per heavy atom. The molecule has 0 bridgehead atoms. The van der Waals surface area contributed by atoms with Crippen molar-refractivity contribution < 1.29 is 4.79 Å². The van der Waals surface area contributed by atoms with Crippen molar-refractivity contribution in [3.8, 4) is 0 Å². The first kappa shape index (κ1) is 13.7. The van der Waals surface area contributed by atoms with Gasteiger partial charge in [0.15, 0.2) is 0 Å². The third-order valence-electron chi connectivity index (χ3n) is 2.84. The third-order valence-corrected chi connectivity index (χ3v) is 3.11. The van der Waals surface area contributed by atoms with Crippen LogP contribution in [0.2, 0.25) is 0 Å². The van der Waals surface area contributed by atoms with E-state index >= 15 is 0 Å². The van der Waals surface area contributed by atoms with Crippen molar-refractivity contribution in [1.29, 1.82) is 0 Å². The van der Waals surface area contributed by atoms with Crippen LogP contribution in [0.1, 0.15) is 29.6 Å². The maximum atomic E-state index is 12.1. The van der Waals surface area contributed by atoms with Crippen LogP contribution in [-0.4, -0.2) is 28.3 Å². The second kappa shape index (κ2) is 7.04. The lowest BCUT2D eigenvalue weighted by molar-refractivity contribution is 0.0954. The summed E-state index contributed by atoms with van der Waals surface area (Å²) in [6.45, 7) is 0.659. The smallest absolute Gasteiger partial charge is 0.253 e. The molecule has 0 unspecified atom stereocenters. The Morgan fingerprint density at radius 2 is 2.00 bits per heavy atom. The van der Waals surface area contributed by atoms with E-state index in [0.717, 1.165) is 24.8 Å². The second-order valence-corrected chi connectivity index (χ2v) is 4.61. The Labute approximate surface area is 117 Å². The number of rotatable bonds is 6. The number of aromatic nitrogens is 2. The van der Waals surface area contributed by atoms with E-state index in [-0.39, 0.29) is 5.91 Å². The zero-order chi connectivity index (χ0) is 13.5. The lowest BCUT2D eigenvalue weighted by Crippen LogP contribution is -2.24. The largest absolute Gasteiger partial charge is 0.352 e. The van der Waals surface area contributed by atoms with E-state index in [1.165, 1.54) is 0 Å². The molecule has 4 nitrogen and oxygen atoms in total. The number of nitrogens with zero attached hydrogens (tertiary/aromatic N) is 2. The van der Waals surface area contributed by atoms with Gasteiger partial charge in [-0.05, 0) is 25.0 Å². The molecule has 1 N–H and O–H groups in total. The van der Waals surface area contributed by atoms with Gasteiger partial charge in [-0.15, -0.1) is 11.6 Å². The number of carbonyl (C=O) groups excluding carboxylic acids is 1. The Morgan fingerprint density at radius 1 is 1.16 bits per heavy atom. The lowest BCUT2D eigenvalue weighted by Gasteiger charge is -2.06. The molecule has 1 aromatic carbocycles. The van der Waals surface area contributed by atoms with Crippen LogP contribution in [0.4, 0.5) is 0 Å². The predicted molar refractivity (Wildman–Crippen MR) is 76.4 cm³/mol. The van der Waals surface area contributed by atoms with Crippen LogP contribution in [-0.2, 0) is 0 Å². The molecule has 0 aliphatic heterocycles. The molecule has 1 aromatic heterocycles. The van der Waals surface area contributed by atoms with Crippen molar-refractivity contribution in [2.75, 3.05) is 12.4 Å². The van der Waals surface area contributed by atoms with Gasteiger partial charge in [-0.3, -0.25) is 14.8 Å². The number of benzene rings is 1. The summed E-state index contributed by atoms with van der Waals surface area (Å²) in [6.07, 6.45) is 6.17. The molecule has 0 radical (unpaired) electrons. The SMILES string of the molecule is O=C(NCCCCCCl)c1cccc2nccnc12. The molecule has 100 valence electrons. The van der Waals surface area contributed by atoms with Gasteiger partial charge in [0, 0.05) is 24.8 Å². The van der Waals surface area contributed by atoms with Gasteiger partial charge < -0.3 is 5.32 Å². The highest BCUT2D eigenvalue weighted by Crippen LogP contribution is 2.13. The van der Waals surface area contributed by atoms with Crippen LogP contribution < -0.4 is 5.32 Å². The normalized spacial score (nSPS) is 10.6. The van der Waals surface area contributed by atoms with E-state index < -0.39 is 0 Å². The molecule has 0 aliphatic carbocycles. The van der Waals surface area contributed by atoms with E-state index in [0.29, 0.717) is 23.5 Å². The van der Waals surface area contributed by atoms with Gasteiger partial charge in [-0.1, -0.05) is 12.5 Å². The predicted octanol–water partition coefficient (Wildman–Crippen LogP) is 2.77. The van der Waals surface area contributed by atoms with E-state index in [2.05, 4.69) is 15.3 Å². The Kier molecular flexibility index (Phi) is 5.10. The number of hydrogen-bond acceptors (Lipinski definition) is 3. The third kappa shape index (κ3) is 3.64. The van der Waals surface area contributed by atoms with E-state index in [4.69, 9.17) is 11.6 Å². The number of unbranched alkanes of at least 4 members (excludes halogenated alkanes) is 2. The van der Waals surface area contributed by atoms with E-state index in [1.54, 1.807) is 18.5 Å². The summed E-state index contributed by atoms with van der Waals surface area (Å²) < 4.78 is 0.